The minimum atomic E-state index is -0.0998. The van der Waals surface area contributed by atoms with Crippen LogP contribution in [0, 0.1) is 8.99 Å². The summed E-state index contributed by atoms with van der Waals surface area (Å²) in [6, 6.07) is 4.30. The molecule has 3 nitrogen and oxygen atoms in total. The van der Waals surface area contributed by atoms with Gasteiger partial charge in [-0.3, -0.25) is 4.79 Å². The molecule has 2 rings (SSSR count). The van der Waals surface area contributed by atoms with Gasteiger partial charge < -0.3 is 9.73 Å². The average Bonchev–Trinajstić information content (AvgIpc) is 2.61. The number of nitrogens with one attached hydrogen (secondary N) is 1. The summed E-state index contributed by atoms with van der Waals surface area (Å²) in [5.41, 5.74) is 2.25. The van der Waals surface area contributed by atoms with Crippen LogP contribution in [0.3, 0.4) is 0 Å². The van der Waals surface area contributed by atoms with Crippen molar-refractivity contribution in [2.24, 2.45) is 5.41 Å². The second kappa shape index (κ2) is 10.6. The normalized spacial score (nSPS) is 17.0. The zero-order valence-corrected chi connectivity index (χ0v) is 21.1. The summed E-state index contributed by atoms with van der Waals surface area (Å²) in [7, 11) is 0. The SMILES string of the molecule is CC(C)c1cc(I)cc(C(C)C)c1OC(=O)CC1(C[NH+]=[C-]I)CCCCC1. The quantitative estimate of drug-likeness (QED) is 0.155. The summed E-state index contributed by atoms with van der Waals surface area (Å²) >= 11 is 4.44. The third kappa shape index (κ3) is 6.41. The molecule has 0 radical (unpaired) electrons. The predicted octanol–water partition coefficient (Wildman–Crippen LogP) is 5.20. The average molecular weight is 595 g/mol. The number of esters is 1. The van der Waals surface area contributed by atoms with Crippen molar-refractivity contribution in [2.75, 3.05) is 6.54 Å². The highest BCUT2D eigenvalue weighted by atomic mass is 127. The fourth-order valence-corrected chi connectivity index (χ4v) is 4.87. The molecule has 0 aromatic heterocycles. The molecular formula is C22H31I2NO2. The van der Waals surface area contributed by atoms with E-state index >= 15 is 0 Å². The summed E-state index contributed by atoms with van der Waals surface area (Å²) in [6.45, 7) is 9.43. The van der Waals surface area contributed by atoms with Gasteiger partial charge in [0.05, 0.1) is 6.42 Å². The van der Waals surface area contributed by atoms with Gasteiger partial charge in [0, 0.05) is 8.99 Å². The molecule has 150 valence electrons. The molecule has 1 aliphatic carbocycles. The topological polar surface area (TPSA) is 40.3 Å². The Morgan fingerprint density at radius 2 is 1.70 bits per heavy atom. The molecule has 27 heavy (non-hydrogen) atoms. The van der Waals surface area contributed by atoms with Crippen LogP contribution >= 0.6 is 45.2 Å². The van der Waals surface area contributed by atoms with Gasteiger partial charge in [-0.1, -0.05) is 47.0 Å². The standard InChI is InChI=1S/C22H31I2NO2/c1-15(2)18-10-17(24)11-19(16(3)4)21(18)27-20(26)12-22(13-25-14-23)8-6-5-7-9-22/h10-11,15-16,25H,5-9,12-13H2,1-4H3. The first kappa shape index (κ1) is 23.1. The summed E-state index contributed by atoms with van der Waals surface area (Å²) in [4.78, 5) is 16.2. The highest BCUT2D eigenvalue weighted by Gasteiger charge is 2.37. The molecule has 1 aliphatic rings. The van der Waals surface area contributed by atoms with E-state index in [0.29, 0.717) is 18.3 Å². The van der Waals surface area contributed by atoms with Crippen LogP contribution in [-0.2, 0) is 4.79 Å². The van der Waals surface area contributed by atoms with E-state index in [1.807, 2.05) is 0 Å². The van der Waals surface area contributed by atoms with Gasteiger partial charge >= 0.3 is 5.97 Å². The Bertz CT molecular complexity index is 648. The maximum Gasteiger partial charge on any atom is 0.312 e. The van der Waals surface area contributed by atoms with Crippen molar-refractivity contribution in [2.45, 2.75) is 78.1 Å². The number of hydrogen-bond acceptors (Lipinski definition) is 2. The van der Waals surface area contributed by atoms with Gasteiger partial charge in [0.25, 0.3) is 0 Å². The Balaban J connectivity index is 2.28. The van der Waals surface area contributed by atoms with E-state index in [1.165, 1.54) is 22.8 Å². The Morgan fingerprint density at radius 3 is 2.19 bits per heavy atom. The molecule has 1 aromatic carbocycles. The van der Waals surface area contributed by atoms with Crippen molar-refractivity contribution in [3.63, 3.8) is 0 Å². The Kier molecular flexibility index (Phi) is 9.03. The van der Waals surface area contributed by atoms with Crippen molar-refractivity contribution in [3.8, 4) is 5.75 Å². The molecule has 5 heteroatoms. The lowest BCUT2D eigenvalue weighted by Gasteiger charge is -2.34. The van der Waals surface area contributed by atoms with Crippen LogP contribution in [0.15, 0.2) is 12.1 Å². The molecule has 0 atom stereocenters. The largest absolute Gasteiger partial charge is 0.426 e. The first-order valence-corrected chi connectivity index (χ1v) is 12.1. The molecule has 1 N–H and O–H groups in total. The molecule has 0 aliphatic heterocycles. The molecule has 1 aromatic rings. The summed E-state index contributed by atoms with van der Waals surface area (Å²) in [5.74, 6) is 1.32. The number of carbonyl (C=O) groups excluding carboxylic acids is 1. The highest BCUT2D eigenvalue weighted by Crippen LogP contribution is 2.40. The number of benzene rings is 1. The van der Waals surface area contributed by atoms with E-state index in [9.17, 15) is 4.79 Å². The minimum absolute atomic E-state index is 0.00725. The Hall–Kier alpha value is -0.180. The predicted molar refractivity (Wildman–Crippen MR) is 128 cm³/mol. The molecule has 0 unspecified atom stereocenters. The molecule has 0 heterocycles. The smallest absolute Gasteiger partial charge is 0.312 e. The van der Waals surface area contributed by atoms with Crippen LogP contribution in [0.25, 0.3) is 0 Å². The highest BCUT2D eigenvalue weighted by molar-refractivity contribution is 14.1. The van der Waals surface area contributed by atoms with Crippen molar-refractivity contribution >= 4 is 55.4 Å². The van der Waals surface area contributed by atoms with Crippen LogP contribution in [-0.4, -0.2) is 16.7 Å². The summed E-state index contributed by atoms with van der Waals surface area (Å²) < 4.78 is 10.2. The zero-order chi connectivity index (χ0) is 20.0. The minimum Gasteiger partial charge on any atom is -0.426 e. The number of ether oxygens (including phenoxy) is 1. The molecular weight excluding hydrogens is 564 g/mol. The van der Waals surface area contributed by atoms with Crippen LogP contribution in [0.1, 0.15) is 89.2 Å². The Morgan fingerprint density at radius 1 is 1.15 bits per heavy atom. The fourth-order valence-electron chi connectivity index (χ4n) is 4.01. The first-order valence-electron chi connectivity index (χ1n) is 9.90. The van der Waals surface area contributed by atoms with E-state index in [1.54, 1.807) is 0 Å². The van der Waals surface area contributed by atoms with E-state index in [-0.39, 0.29) is 11.4 Å². The maximum absolute atomic E-state index is 13.0. The lowest BCUT2D eigenvalue weighted by Crippen LogP contribution is -2.72. The van der Waals surface area contributed by atoms with Crippen LogP contribution < -0.4 is 9.73 Å². The van der Waals surface area contributed by atoms with Crippen molar-refractivity contribution in [3.05, 3.63) is 26.8 Å². The van der Waals surface area contributed by atoms with E-state index in [2.05, 4.69) is 94.2 Å². The maximum atomic E-state index is 13.0. The summed E-state index contributed by atoms with van der Waals surface area (Å²) in [5, 5.41) is 0. The molecule has 1 saturated carbocycles. The van der Waals surface area contributed by atoms with Gasteiger partial charge in [-0.2, -0.15) is 0 Å². The van der Waals surface area contributed by atoms with Crippen LogP contribution in [0.5, 0.6) is 5.75 Å². The molecule has 0 amide bonds. The summed E-state index contributed by atoms with van der Waals surface area (Å²) in [6.07, 6.45) is 6.27. The van der Waals surface area contributed by atoms with Gasteiger partial charge in [0.2, 0.25) is 0 Å². The number of hydrogen-bond donors (Lipinski definition) is 1. The second-order valence-corrected chi connectivity index (χ2v) is 10.2. The number of halogens is 2. The van der Waals surface area contributed by atoms with E-state index in [4.69, 9.17) is 4.74 Å². The monoisotopic (exact) mass is 595 g/mol. The van der Waals surface area contributed by atoms with E-state index in [0.717, 1.165) is 36.3 Å². The third-order valence-electron chi connectivity index (χ3n) is 5.53. The van der Waals surface area contributed by atoms with Gasteiger partial charge in [-0.15, -0.1) is 4.22 Å². The lowest BCUT2D eigenvalue weighted by molar-refractivity contribution is -0.470. The number of carbonyl (C=O) groups is 1. The zero-order valence-electron chi connectivity index (χ0n) is 16.8. The van der Waals surface area contributed by atoms with Gasteiger partial charge in [0.1, 0.15) is 12.3 Å². The van der Waals surface area contributed by atoms with Crippen LogP contribution in [0.4, 0.5) is 0 Å². The van der Waals surface area contributed by atoms with Gasteiger partial charge in [0.15, 0.2) is 0 Å². The molecule has 0 bridgehead atoms. The lowest BCUT2D eigenvalue weighted by atomic mass is 9.72. The van der Waals surface area contributed by atoms with Gasteiger partial charge in [-0.05, 0) is 70.5 Å². The first-order chi connectivity index (χ1) is 12.8. The number of rotatable bonds is 7. The van der Waals surface area contributed by atoms with Crippen molar-refractivity contribution < 1.29 is 14.5 Å². The molecule has 0 spiro atoms. The Labute approximate surface area is 191 Å². The third-order valence-corrected chi connectivity index (χ3v) is 6.54. The van der Waals surface area contributed by atoms with Crippen molar-refractivity contribution in [1.82, 2.24) is 0 Å². The van der Waals surface area contributed by atoms with Crippen LogP contribution in [0.2, 0.25) is 0 Å². The molecule has 1 fully saturated rings. The fraction of sp³-hybridized carbons (Fsp3) is 0.636. The van der Waals surface area contributed by atoms with Gasteiger partial charge in [-0.25, -0.2) is 22.6 Å². The molecule has 0 saturated heterocycles. The van der Waals surface area contributed by atoms with Crippen molar-refractivity contribution in [1.29, 1.82) is 0 Å². The van der Waals surface area contributed by atoms with E-state index < -0.39 is 0 Å². The second-order valence-electron chi connectivity index (χ2n) is 8.38.